The second-order valence-electron chi connectivity index (χ2n) is 3.43. The van der Waals surface area contributed by atoms with E-state index in [2.05, 4.69) is 9.97 Å². The van der Waals surface area contributed by atoms with Gasteiger partial charge in [0.15, 0.2) is 5.75 Å². The van der Waals surface area contributed by atoms with Crippen molar-refractivity contribution in [1.29, 1.82) is 5.41 Å². The minimum atomic E-state index is 0.0306. The molecule has 4 nitrogen and oxygen atoms in total. The van der Waals surface area contributed by atoms with E-state index in [1.165, 1.54) is 0 Å². The van der Waals surface area contributed by atoms with Crippen molar-refractivity contribution in [3.63, 3.8) is 0 Å². The SMILES string of the molecule is Cc1cc(-c2nccc(C=N)c2O)ccn1. The van der Waals surface area contributed by atoms with E-state index >= 15 is 0 Å². The average Bonchev–Trinajstić information content (AvgIpc) is 2.29. The maximum atomic E-state index is 9.90. The van der Waals surface area contributed by atoms with E-state index in [0.29, 0.717) is 11.3 Å². The highest BCUT2D eigenvalue weighted by Crippen LogP contribution is 2.28. The molecule has 2 aromatic rings. The van der Waals surface area contributed by atoms with E-state index in [0.717, 1.165) is 17.5 Å². The van der Waals surface area contributed by atoms with Gasteiger partial charge in [-0.2, -0.15) is 0 Å². The number of aryl methyl sites for hydroxylation is 1. The Morgan fingerprint density at radius 3 is 2.69 bits per heavy atom. The molecular weight excluding hydrogens is 202 g/mol. The standard InChI is InChI=1S/C12H11N3O/c1-8-6-9(2-4-14-8)11-12(16)10(7-13)3-5-15-11/h2-7,13,16H,1H3. The van der Waals surface area contributed by atoms with Crippen LogP contribution < -0.4 is 0 Å². The van der Waals surface area contributed by atoms with Crippen molar-refractivity contribution in [2.24, 2.45) is 0 Å². The molecule has 0 fully saturated rings. The summed E-state index contributed by atoms with van der Waals surface area (Å²) in [5.74, 6) is 0.0306. The van der Waals surface area contributed by atoms with Gasteiger partial charge in [0.05, 0.1) is 0 Å². The molecule has 0 radical (unpaired) electrons. The maximum absolute atomic E-state index is 9.90. The van der Waals surface area contributed by atoms with Crippen LogP contribution in [-0.4, -0.2) is 21.3 Å². The molecule has 0 aliphatic rings. The molecule has 0 unspecified atom stereocenters. The molecule has 0 aliphatic heterocycles. The van der Waals surface area contributed by atoms with E-state index in [1.807, 2.05) is 13.0 Å². The summed E-state index contributed by atoms with van der Waals surface area (Å²) in [5.41, 5.74) is 2.60. The fourth-order valence-corrected chi connectivity index (χ4v) is 1.49. The molecule has 80 valence electrons. The Morgan fingerprint density at radius 1 is 1.25 bits per heavy atom. The lowest BCUT2D eigenvalue weighted by Gasteiger charge is -2.06. The Morgan fingerprint density at radius 2 is 2.00 bits per heavy atom. The third-order valence-corrected chi connectivity index (χ3v) is 2.28. The Balaban J connectivity index is 2.60. The molecule has 0 bridgehead atoms. The number of aromatic nitrogens is 2. The average molecular weight is 213 g/mol. The lowest BCUT2D eigenvalue weighted by molar-refractivity contribution is 0.474. The molecule has 16 heavy (non-hydrogen) atoms. The van der Waals surface area contributed by atoms with Gasteiger partial charge in [0.1, 0.15) is 5.69 Å². The highest BCUT2D eigenvalue weighted by atomic mass is 16.3. The Labute approximate surface area is 93.1 Å². The summed E-state index contributed by atoms with van der Waals surface area (Å²) < 4.78 is 0. The van der Waals surface area contributed by atoms with Crippen LogP contribution in [0, 0.1) is 12.3 Å². The molecule has 0 saturated carbocycles. The Hall–Kier alpha value is -2.23. The molecular formula is C12H11N3O. The van der Waals surface area contributed by atoms with E-state index < -0.39 is 0 Å². The van der Waals surface area contributed by atoms with Crippen molar-refractivity contribution in [2.75, 3.05) is 0 Å². The highest BCUT2D eigenvalue weighted by molar-refractivity contribution is 5.85. The first-order valence-electron chi connectivity index (χ1n) is 4.84. The zero-order valence-electron chi connectivity index (χ0n) is 8.81. The molecule has 0 aliphatic carbocycles. The number of rotatable bonds is 2. The Kier molecular flexibility index (Phi) is 2.64. The maximum Gasteiger partial charge on any atom is 0.150 e. The van der Waals surface area contributed by atoms with E-state index in [-0.39, 0.29) is 5.75 Å². The fourth-order valence-electron chi connectivity index (χ4n) is 1.49. The van der Waals surface area contributed by atoms with Crippen LogP contribution in [0.1, 0.15) is 11.3 Å². The first-order chi connectivity index (χ1) is 7.72. The number of aromatic hydroxyl groups is 1. The predicted molar refractivity (Wildman–Crippen MR) is 61.8 cm³/mol. The summed E-state index contributed by atoms with van der Waals surface area (Å²) in [7, 11) is 0. The number of hydrogen-bond donors (Lipinski definition) is 2. The van der Waals surface area contributed by atoms with Crippen LogP contribution in [0.15, 0.2) is 30.6 Å². The molecule has 2 N–H and O–H groups in total. The fraction of sp³-hybridized carbons (Fsp3) is 0.0833. The summed E-state index contributed by atoms with van der Waals surface area (Å²) in [6, 6.07) is 5.22. The molecule has 2 aromatic heterocycles. The van der Waals surface area contributed by atoms with Crippen LogP contribution in [0.2, 0.25) is 0 Å². The number of hydrogen-bond acceptors (Lipinski definition) is 4. The van der Waals surface area contributed by atoms with Crippen molar-refractivity contribution in [3.05, 3.63) is 41.9 Å². The smallest absolute Gasteiger partial charge is 0.150 e. The molecule has 4 heteroatoms. The van der Waals surface area contributed by atoms with Crippen molar-refractivity contribution < 1.29 is 5.11 Å². The summed E-state index contributed by atoms with van der Waals surface area (Å²) in [6.45, 7) is 1.88. The van der Waals surface area contributed by atoms with Gasteiger partial charge < -0.3 is 10.5 Å². The van der Waals surface area contributed by atoms with E-state index in [9.17, 15) is 5.11 Å². The Bertz CT molecular complexity index is 538. The second kappa shape index (κ2) is 4.10. The topological polar surface area (TPSA) is 69.9 Å². The minimum Gasteiger partial charge on any atom is -0.505 e. The van der Waals surface area contributed by atoms with Crippen molar-refractivity contribution in [3.8, 4) is 17.0 Å². The van der Waals surface area contributed by atoms with Crippen molar-refractivity contribution in [1.82, 2.24) is 9.97 Å². The van der Waals surface area contributed by atoms with E-state index in [4.69, 9.17) is 5.41 Å². The first-order valence-corrected chi connectivity index (χ1v) is 4.84. The van der Waals surface area contributed by atoms with Gasteiger partial charge in [0, 0.05) is 35.4 Å². The second-order valence-corrected chi connectivity index (χ2v) is 3.43. The lowest BCUT2D eigenvalue weighted by atomic mass is 10.1. The number of nitrogens with zero attached hydrogens (tertiary/aromatic N) is 2. The van der Waals surface area contributed by atoms with Crippen molar-refractivity contribution >= 4 is 6.21 Å². The van der Waals surface area contributed by atoms with Gasteiger partial charge >= 0.3 is 0 Å². The van der Waals surface area contributed by atoms with Crippen LogP contribution in [0.25, 0.3) is 11.3 Å². The van der Waals surface area contributed by atoms with Crippen LogP contribution in [0.5, 0.6) is 5.75 Å². The quantitative estimate of drug-likeness (QED) is 0.751. The number of nitrogens with one attached hydrogen (secondary N) is 1. The van der Waals surface area contributed by atoms with Gasteiger partial charge in [-0.15, -0.1) is 0 Å². The van der Waals surface area contributed by atoms with Crippen LogP contribution in [0.3, 0.4) is 0 Å². The summed E-state index contributed by atoms with van der Waals surface area (Å²) >= 11 is 0. The van der Waals surface area contributed by atoms with Gasteiger partial charge in [0.2, 0.25) is 0 Å². The van der Waals surface area contributed by atoms with Gasteiger partial charge in [-0.3, -0.25) is 9.97 Å². The highest BCUT2D eigenvalue weighted by Gasteiger charge is 2.09. The zero-order valence-corrected chi connectivity index (χ0v) is 8.81. The minimum absolute atomic E-state index is 0.0306. The monoisotopic (exact) mass is 213 g/mol. The van der Waals surface area contributed by atoms with Gasteiger partial charge in [-0.25, -0.2) is 0 Å². The van der Waals surface area contributed by atoms with Crippen LogP contribution in [-0.2, 0) is 0 Å². The third-order valence-electron chi connectivity index (χ3n) is 2.28. The molecule has 2 heterocycles. The van der Waals surface area contributed by atoms with E-state index in [1.54, 1.807) is 24.5 Å². The third kappa shape index (κ3) is 1.77. The molecule has 0 aromatic carbocycles. The van der Waals surface area contributed by atoms with Crippen LogP contribution in [0.4, 0.5) is 0 Å². The van der Waals surface area contributed by atoms with Gasteiger partial charge in [0.25, 0.3) is 0 Å². The largest absolute Gasteiger partial charge is 0.505 e. The van der Waals surface area contributed by atoms with Gasteiger partial charge in [-0.05, 0) is 25.1 Å². The van der Waals surface area contributed by atoms with Crippen LogP contribution >= 0.6 is 0 Å². The normalized spacial score (nSPS) is 10.1. The molecule has 0 spiro atoms. The molecule has 0 atom stereocenters. The van der Waals surface area contributed by atoms with Crippen molar-refractivity contribution in [2.45, 2.75) is 6.92 Å². The molecule has 2 rings (SSSR count). The summed E-state index contributed by atoms with van der Waals surface area (Å²) in [6.07, 6.45) is 4.35. The summed E-state index contributed by atoms with van der Waals surface area (Å²) in [4.78, 5) is 8.20. The van der Waals surface area contributed by atoms with Gasteiger partial charge in [-0.1, -0.05) is 0 Å². The molecule has 0 amide bonds. The predicted octanol–water partition coefficient (Wildman–Crippen LogP) is 2.16. The zero-order chi connectivity index (χ0) is 11.5. The number of pyridine rings is 2. The summed E-state index contributed by atoms with van der Waals surface area (Å²) in [5, 5.41) is 17.1. The lowest BCUT2D eigenvalue weighted by Crippen LogP contribution is -1.90. The first kappa shape index (κ1) is 10.3. The molecule has 0 saturated heterocycles.